The predicted octanol–water partition coefficient (Wildman–Crippen LogP) is 4.91. The fourth-order valence-corrected chi connectivity index (χ4v) is 4.57. The van der Waals surface area contributed by atoms with Crippen molar-refractivity contribution in [1.29, 1.82) is 0 Å². The Morgan fingerprint density at radius 2 is 1.97 bits per heavy atom. The average Bonchev–Trinajstić information content (AvgIpc) is 3.48. The maximum atomic E-state index is 5.64. The number of aliphatic imine (C=N–C) groups is 1. The van der Waals surface area contributed by atoms with E-state index in [4.69, 9.17) is 4.42 Å². The van der Waals surface area contributed by atoms with E-state index in [1.54, 1.807) is 13.3 Å². The van der Waals surface area contributed by atoms with E-state index in [2.05, 4.69) is 62.1 Å². The number of thiophene rings is 1. The van der Waals surface area contributed by atoms with Crippen LogP contribution in [0.1, 0.15) is 29.0 Å². The highest BCUT2D eigenvalue weighted by Crippen LogP contribution is 2.21. The summed E-state index contributed by atoms with van der Waals surface area (Å²) in [6, 6.07) is 12.6. The Kier molecular flexibility index (Phi) is 9.55. The monoisotopic (exact) mass is 565 g/mol. The molecule has 1 aliphatic rings. The minimum absolute atomic E-state index is 0. The lowest BCUT2D eigenvalue weighted by Gasteiger charge is -2.32. The number of halogens is 1. The maximum absolute atomic E-state index is 5.64. The summed E-state index contributed by atoms with van der Waals surface area (Å²) in [6.45, 7) is 7.01. The number of nitrogens with zero attached hydrogens (tertiary/aromatic N) is 3. The minimum Gasteiger partial charge on any atom is -0.444 e. The first-order chi connectivity index (χ1) is 15.2. The van der Waals surface area contributed by atoms with E-state index in [0.29, 0.717) is 18.4 Å². The van der Waals surface area contributed by atoms with Gasteiger partial charge >= 0.3 is 0 Å². The standard InChI is InChI=1S/C24H31N5OS.HI/c1-18-5-7-20(8-6-18)23-28-21(17-30-23)15-27-24(25-2)26-14-19-9-11-29(12-10-19)16-22-4-3-13-31-22;/h3-8,13,17,19H,9-12,14-16H2,1-2H3,(H2,25,26,27);1H. The zero-order valence-corrected chi connectivity index (χ0v) is 21.9. The van der Waals surface area contributed by atoms with Gasteiger partial charge in [-0.25, -0.2) is 4.98 Å². The van der Waals surface area contributed by atoms with Crippen LogP contribution in [-0.4, -0.2) is 42.5 Å². The number of rotatable bonds is 7. The van der Waals surface area contributed by atoms with Gasteiger partial charge < -0.3 is 15.1 Å². The van der Waals surface area contributed by atoms with Crippen molar-refractivity contribution >= 4 is 41.3 Å². The second kappa shape index (κ2) is 12.4. The second-order valence-corrected chi connectivity index (χ2v) is 9.15. The molecule has 0 atom stereocenters. The smallest absolute Gasteiger partial charge is 0.226 e. The highest BCUT2D eigenvalue weighted by atomic mass is 127. The van der Waals surface area contributed by atoms with Gasteiger partial charge in [-0.3, -0.25) is 9.89 Å². The van der Waals surface area contributed by atoms with Crippen LogP contribution in [0.3, 0.4) is 0 Å². The SMILES string of the molecule is CN=C(NCc1coc(-c2ccc(C)cc2)n1)NCC1CCN(Cc2cccs2)CC1.I. The second-order valence-electron chi connectivity index (χ2n) is 8.12. The molecule has 0 saturated carbocycles. The first-order valence-corrected chi connectivity index (χ1v) is 11.8. The van der Waals surface area contributed by atoms with Gasteiger partial charge in [-0.2, -0.15) is 0 Å². The van der Waals surface area contributed by atoms with Crippen molar-refractivity contribution in [3.63, 3.8) is 0 Å². The van der Waals surface area contributed by atoms with Crippen molar-refractivity contribution in [3.8, 4) is 11.5 Å². The number of guanidine groups is 1. The molecule has 0 radical (unpaired) electrons. The van der Waals surface area contributed by atoms with Gasteiger partial charge in [0.15, 0.2) is 5.96 Å². The molecule has 32 heavy (non-hydrogen) atoms. The lowest BCUT2D eigenvalue weighted by Crippen LogP contribution is -2.42. The van der Waals surface area contributed by atoms with Crippen LogP contribution in [0.25, 0.3) is 11.5 Å². The molecule has 1 aromatic carbocycles. The summed E-state index contributed by atoms with van der Waals surface area (Å²) in [4.78, 5) is 13.0. The van der Waals surface area contributed by atoms with E-state index in [1.807, 2.05) is 23.5 Å². The number of hydrogen-bond donors (Lipinski definition) is 2. The quantitative estimate of drug-likeness (QED) is 0.242. The molecule has 1 fully saturated rings. The van der Waals surface area contributed by atoms with Gasteiger partial charge in [-0.1, -0.05) is 23.8 Å². The molecule has 0 bridgehead atoms. The van der Waals surface area contributed by atoms with Gasteiger partial charge in [-0.15, -0.1) is 35.3 Å². The number of hydrogen-bond acceptors (Lipinski definition) is 5. The molecule has 1 aliphatic heterocycles. The van der Waals surface area contributed by atoms with Gasteiger partial charge in [-0.05, 0) is 62.4 Å². The molecule has 4 rings (SSSR count). The van der Waals surface area contributed by atoms with E-state index in [-0.39, 0.29) is 24.0 Å². The molecular weight excluding hydrogens is 533 g/mol. The Labute approximate surface area is 211 Å². The maximum Gasteiger partial charge on any atom is 0.226 e. The lowest BCUT2D eigenvalue weighted by molar-refractivity contribution is 0.179. The topological polar surface area (TPSA) is 65.7 Å². The van der Waals surface area contributed by atoms with Gasteiger partial charge in [0.2, 0.25) is 5.89 Å². The molecule has 2 aromatic heterocycles. The number of piperidine rings is 1. The first-order valence-electron chi connectivity index (χ1n) is 10.9. The summed E-state index contributed by atoms with van der Waals surface area (Å²) in [6.07, 6.45) is 4.15. The van der Waals surface area contributed by atoms with Crippen LogP contribution in [0, 0.1) is 12.8 Å². The van der Waals surface area contributed by atoms with Crippen molar-refractivity contribution < 1.29 is 4.42 Å². The van der Waals surface area contributed by atoms with Crippen LogP contribution >= 0.6 is 35.3 Å². The van der Waals surface area contributed by atoms with Crippen LogP contribution in [0.15, 0.2) is 57.5 Å². The summed E-state index contributed by atoms with van der Waals surface area (Å²) < 4.78 is 5.64. The Hall–Kier alpha value is -1.91. The zero-order chi connectivity index (χ0) is 21.5. The van der Waals surface area contributed by atoms with Gasteiger partial charge in [0, 0.05) is 30.6 Å². The van der Waals surface area contributed by atoms with Gasteiger partial charge in [0.1, 0.15) is 6.26 Å². The average molecular weight is 566 g/mol. The summed E-state index contributed by atoms with van der Waals surface area (Å²) >= 11 is 1.85. The van der Waals surface area contributed by atoms with Crippen LogP contribution in [0.4, 0.5) is 0 Å². The number of aromatic nitrogens is 1. The van der Waals surface area contributed by atoms with Crippen LogP contribution in [-0.2, 0) is 13.1 Å². The molecule has 0 amide bonds. The number of likely N-dealkylation sites (tertiary alicyclic amines) is 1. The van der Waals surface area contributed by atoms with E-state index in [0.717, 1.165) is 43.4 Å². The molecule has 3 heterocycles. The van der Waals surface area contributed by atoms with E-state index in [1.165, 1.54) is 23.3 Å². The number of nitrogens with one attached hydrogen (secondary N) is 2. The molecule has 6 nitrogen and oxygen atoms in total. The lowest BCUT2D eigenvalue weighted by atomic mass is 9.97. The van der Waals surface area contributed by atoms with E-state index in [9.17, 15) is 0 Å². The van der Waals surface area contributed by atoms with Gasteiger partial charge in [0.25, 0.3) is 0 Å². The molecule has 1 saturated heterocycles. The fraction of sp³-hybridized carbons (Fsp3) is 0.417. The number of aryl methyl sites for hydroxylation is 1. The van der Waals surface area contributed by atoms with Crippen LogP contribution < -0.4 is 10.6 Å². The summed E-state index contributed by atoms with van der Waals surface area (Å²) in [7, 11) is 1.81. The summed E-state index contributed by atoms with van der Waals surface area (Å²) in [5.74, 6) is 2.13. The van der Waals surface area contributed by atoms with Crippen molar-refractivity contribution in [2.75, 3.05) is 26.7 Å². The summed E-state index contributed by atoms with van der Waals surface area (Å²) in [5, 5.41) is 8.98. The van der Waals surface area contributed by atoms with Crippen LogP contribution in [0.5, 0.6) is 0 Å². The highest BCUT2D eigenvalue weighted by molar-refractivity contribution is 14.0. The predicted molar refractivity (Wildman–Crippen MR) is 143 cm³/mol. The minimum atomic E-state index is 0. The molecule has 0 unspecified atom stereocenters. The molecule has 8 heteroatoms. The Bertz CT molecular complexity index is 963. The third-order valence-electron chi connectivity index (χ3n) is 5.74. The van der Waals surface area contributed by atoms with E-state index >= 15 is 0 Å². The fourth-order valence-electron chi connectivity index (χ4n) is 3.82. The highest BCUT2D eigenvalue weighted by Gasteiger charge is 2.19. The molecule has 3 aromatic rings. The largest absolute Gasteiger partial charge is 0.444 e. The Morgan fingerprint density at radius 1 is 1.19 bits per heavy atom. The number of benzene rings is 1. The van der Waals surface area contributed by atoms with E-state index < -0.39 is 0 Å². The van der Waals surface area contributed by atoms with Gasteiger partial charge in [0.05, 0.1) is 12.2 Å². The van der Waals surface area contributed by atoms with Crippen LogP contribution in [0.2, 0.25) is 0 Å². The first kappa shape index (κ1) is 24.7. The van der Waals surface area contributed by atoms with Crippen molar-refractivity contribution in [3.05, 3.63) is 64.2 Å². The Balaban J connectivity index is 0.00000289. The number of oxazole rings is 1. The summed E-state index contributed by atoms with van der Waals surface area (Å²) in [5.41, 5.74) is 3.07. The Morgan fingerprint density at radius 3 is 2.66 bits per heavy atom. The normalized spacial score (nSPS) is 15.4. The third-order valence-corrected chi connectivity index (χ3v) is 6.60. The molecular formula is C24H32IN5OS. The van der Waals surface area contributed by atoms with Crippen molar-refractivity contribution in [1.82, 2.24) is 20.5 Å². The third kappa shape index (κ3) is 7.05. The molecule has 0 spiro atoms. The molecule has 172 valence electrons. The zero-order valence-electron chi connectivity index (χ0n) is 18.7. The van der Waals surface area contributed by atoms with Crippen molar-refractivity contribution in [2.24, 2.45) is 10.9 Å². The molecule has 2 N–H and O–H groups in total. The molecule has 0 aliphatic carbocycles. The van der Waals surface area contributed by atoms with Crippen molar-refractivity contribution in [2.45, 2.75) is 32.9 Å².